The van der Waals surface area contributed by atoms with E-state index < -0.39 is 16.0 Å². The molecule has 0 amide bonds. The molecule has 8 heteroatoms. The van der Waals surface area contributed by atoms with Crippen molar-refractivity contribution in [3.8, 4) is 0 Å². The van der Waals surface area contributed by atoms with E-state index in [1.165, 1.54) is 35.7 Å². The van der Waals surface area contributed by atoms with Crippen LogP contribution < -0.4 is 5.73 Å². The number of esters is 1. The normalized spacial score (nSPS) is 22.7. The van der Waals surface area contributed by atoms with Crippen LogP contribution in [0, 0.1) is 5.92 Å². The van der Waals surface area contributed by atoms with Crippen LogP contribution in [0.4, 0.5) is 0 Å². The van der Waals surface area contributed by atoms with Gasteiger partial charge in [-0.05, 0) is 30.5 Å². The minimum absolute atomic E-state index is 0. The Kier molecular flexibility index (Phi) is 6.37. The first kappa shape index (κ1) is 18.9. The van der Waals surface area contributed by atoms with Gasteiger partial charge in [0.1, 0.15) is 0 Å². The average molecular weight is 349 g/mol. The van der Waals surface area contributed by atoms with Crippen molar-refractivity contribution < 1.29 is 17.9 Å². The quantitative estimate of drug-likeness (QED) is 0.830. The summed E-state index contributed by atoms with van der Waals surface area (Å²) in [5, 5.41) is 0. The average Bonchev–Trinajstić information content (AvgIpc) is 2.49. The van der Waals surface area contributed by atoms with Gasteiger partial charge in [0.2, 0.25) is 10.0 Å². The van der Waals surface area contributed by atoms with Crippen molar-refractivity contribution in [3.05, 3.63) is 29.8 Å². The number of halogens is 1. The first-order valence-electron chi connectivity index (χ1n) is 6.80. The molecule has 2 atom stereocenters. The summed E-state index contributed by atoms with van der Waals surface area (Å²) in [5.41, 5.74) is 6.14. The molecule has 0 saturated carbocycles. The molecular formula is C14H21ClN2O4S. The van der Waals surface area contributed by atoms with Gasteiger partial charge in [0.05, 0.1) is 17.6 Å². The molecule has 2 unspecified atom stereocenters. The lowest BCUT2D eigenvalue weighted by Gasteiger charge is -2.34. The van der Waals surface area contributed by atoms with Crippen LogP contribution in [-0.4, -0.2) is 44.9 Å². The number of methoxy groups -OCH3 is 1. The fourth-order valence-corrected chi connectivity index (χ4v) is 4.00. The first-order valence-corrected chi connectivity index (χ1v) is 8.24. The number of piperidine rings is 1. The summed E-state index contributed by atoms with van der Waals surface area (Å²) in [5.74, 6) is -0.446. The van der Waals surface area contributed by atoms with E-state index in [2.05, 4.69) is 4.74 Å². The maximum absolute atomic E-state index is 12.6. The number of nitrogens with two attached hydrogens (primary N) is 1. The lowest BCUT2D eigenvalue weighted by Crippen LogP contribution is -2.48. The Labute approximate surface area is 137 Å². The second kappa shape index (κ2) is 7.41. The molecule has 0 spiro atoms. The third-order valence-corrected chi connectivity index (χ3v) is 5.69. The Morgan fingerprint density at radius 3 is 2.68 bits per heavy atom. The number of ether oxygens (including phenoxy) is 1. The molecule has 22 heavy (non-hydrogen) atoms. The third-order valence-electron chi connectivity index (χ3n) is 3.83. The van der Waals surface area contributed by atoms with Gasteiger partial charge in [0.15, 0.2) is 0 Å². The summed E-state index contributed by atoms with van der Waals surface area (Å²) in [4.78, 5) is 11.6. The van der Waals surface area contributed by atoms with Gasteiger partial charge >= 0.3 is 5.97 Å². The number of hydrogen-bond acceptors (Lipinski definition) is 5. The van der Waals surface area contributed by atoms with Crippen LogP contribution in [0.25, 0.3) is 0 Å². The molecule has 0 aromatic heterocycles. The van der Waals surface area contributed by atoms with Crippen molar-refractivity contribution in [1.29, 1.82) is 0 Å². The van der Waals surface area contributed by atoms with Crippen molar-refractivity contribution in [3.63, 3.8) is 0 Å². The highest BCUT2D eigenvalue weighted by molar-refractivity contribution is 7.89. The van der Waals surface area contributed by atoms with Crippen molar-refractivity contribution in [2.75, 3.05) is 20.2 Å². The van der Waals surface area contributed by atoms with Crippen LogP contribution in [0.5, 0.6) is 0 Å². The highest BCUT2D eigenvalue weighted by Crippen LogP contribution is 2.23. The predicted octanol–water partition coefficient (Wildman–Crippen LogP) is 1.25. The molecule has 1 saturated heterocycles. The number of carbonyl (C=O) groups excluding carboxylic acids is 1. The Balaban J connectivity index is 0.00000242. The standard InChI is InChI=1S/C14H20N2O4S.ClH/c1-10-9-16(7-6-13(10)15)21(18,19)12-5-3-4-11(8-12)14(17)20-2;/h3-5,8,10,13H,6-7,9,15H2,1-2H3;1H. The van der Waals surface area contributed by atoms with Crippen molar-refractivity contribution >= 4 is 28.4 Å². The summed E-state index contributed by atoms with van der Waals surface area (Å²) in [6.07, 6.45) is 0.636. The number of carbonyl (C=O) groups is 1. The van der Waals surface area contributed by atoms with Crippen molar-refractivity contribution in [2.24, 2.45) is 11.7 Å². The summed E-state index contributed by atoms with van der Waals surface area (Å²) in [6.45, 7) is 2.74. The van der Waals surface area contributed by atoms with Crippen LogP contribution in [0.2, 0.25) is 0 Å². The molecule has 1 aromatic carbocycles. The monoisotopic (exact) mass is 348 g/mol. The van der Waals surface area contributed by atoms with Gasteiger partial charge in [0.25, 0.3) is 0 Å². The van der Waals surface area contributed by atoms with Gasteiger partial charge in [-0.1, -0.05) is 13.0 Å². The Morgan fingerprint density at radius 2 is 2.09 bits per heavy atom. The van der Waals surface area contributed by atoms with Crippen LogP contribution in [0.3, 0.4) is 0 Å². The molecule has 1 heterocycles. The van der Waals surface area contributed by atoms with E-state index in [9.17, 15) is 13.2 Å². The zero-order chi connectivity index (χ0) is 15.6. The van der Waals surface area contributed by atoms with E-state index in [-0.39, 0.29) is 34.8 Å². The minimum atomic E-state index is -3.61. The van der Waals surface area contributed by atoms with Crippen molar-refractivity contribution in [1.82, 2.24) is 4.31 Å². The number of sulfonamides is 1. The molecule has 0 aliphatic carbocycles. The van der Waals surface area contributed by atoms with Gasteiger partial charge in [0, 0.05) is 19.1 Å². The summed E-state index contributed by atoms with van der Waals surface area (Å²) in [6, 6.07) is 5.93. The number of nitrogens with zero attached hydrogens (tertiary/aromatic N) is 1. The maximum atomic E-state index is 12.6. The molecule has 1 fully saturated rings. The molecule has 0 radical (unpaired) electrons. The topological polar surface area (TPSA) is 89.7 Å². The fraction of sp³-hybridized carbons (Fsp3) is 0.500. The van der Waals surface area contributed by atoms with Crippen LogP contribution in [-0.2, 0) is 14.8 Å². The Hall–Kier alpha value is -1.15. The second-order valence-electron chi connectivity index (χ2n) is 5.31. The number of benzene rings is 1. The lowest BCUT2D eigenvalue weighted by atomic mass is 9.96. The van der Waals surface area contributed by atoms with E-state index in [0.717, 1.165) is 0 Å². The van der Waals surface area contributed by atoms with E-state index in [4.69, 9.17) is 5.73 Å². The third kappa shape index (κ3) is 3.78. The first-order chi connectivity index (χ1) is 9.86. The molecule has 6 nitrogen and oxygen atoms in total. The molecular weight excluding hydrogens is 328 g/mol. The largest absolute Gasteiger partial charge is 0.465 e. The SMILES string of the molecule is COC(=O)c1cccc(S(=O)(=O)N2CCC(N)C(C)C2)c1.Cl. The zero-order valence-corrected chi connectivity index (χ0v) is 14.2. The smallest absolute Gasteiger partial charge is 0.337 e. The van der Waals surface area contributed by atoms with E-state index >= 15 is 0 Å². The highest BCUT2D eigenvalue weighted by atomic mass is 35.5. The zero-order valence-electron chi connectivity index (χ0n) is 12.6. The molecule has 2 rings (SSSR count). The summed E-state index contributed by atoms with van der Waals surface area (Å²) < 4.78 is 31.3. The minimum Gasteiger partial charge on any atom is -0.465 e. The molecule has 1 aliphatic rings. The van der Waals surface area contributed by atoms with Gasteiger partial charge in [-0.3, -0.25) is 0 Å². The molecule has 0 bridgehead atoms. The Bertz CT molecular complexity index is 635. The van der Waals surface area contributed by atoms with Crippen LogP contribution >= 0.6 is 12.4 Å². The van der Waals surface area contributed by atoms with Gasteiger partial charge in [-0.2, -0.15) is 4.31 Å². The van der Waals surface area contributed by atoms with Crippen molar-refractivity contribution in [2.45, 2.75) is 24.3 Å². The molecule has 2 N–H and O–H groups in total. The van der Waals surface area contributed by atoms with E-state index in [1.54, 1.807) is 0 Å². The van der Waals surface area contributed by atoms with Crippen LogP contribution in [0.1, 0.15) is 23.7 Å². The van der Waals surface area contributed by atoms with Gasteiger partial charge < -0.3 is 10.5 Å². The number of hydrogen-bond donors (Lipinski definition) is 1. The number of rotatable bonds is 3. The Morgan fingerprint density at radius 1 is 1.41 bits per heavy atom. The molecule has 1 aliphatic heterocycles. The van der Waals surface area contributed by atoms with Crippen LogP contribution in [0.15, 0.2) is 29.2 Å². The highest BCUT2D eigenvalue weighted by Gasteiger charge is 2.32. The van der Waals surface area contributed by atoms with E-state index in [1.807, 2.05) is 6.92 Å². The predicted molar refractivity (Wildman–Crippen MR) is 85.5 cm³/mol. The maximum Gasteiger partial charge on any atom is 0.337 e. The van der Waals surface area contributed by atoms with E-state index in [0.29, 0.717) is 19.5 Å². The fourth-order valence-electron chi connectivity index (χ4n) is 2.39. The summed E-state index contributed by atoms with van der Waals surface area (Å²) >= 11 is 0. The van der Waals surface area contributed by atoms with Gasteiger partial charge in [-0.25, -0.2) is 13.2 Å². The lowest BCUT2D eigenvalue weighted by molar-refractivity contribution is 0.0600. The molecule has 1 aromatic rings. The molecule has 124 valence electrons. The van der Waals surface area contributed by atoms with Gasteiger partial charge in [-0.15, -0.1) is 12.4 Å². The summed E-state index contributed by atoms with van der Waals surface area (Å²) in [7, 11) is -2.35. The second-order valence-corrected chi connectivity index (χ2v) is 7.25.